The summed E-state index contributed by atoms with van der Waals surface area (Å²) < 4.78 is 6.90. The van der Waals surface area contributed by atoms with Crippen LogP contribution in [0.2, 0.25) is 0 Å². The van der Waals surface area contributed by atoms with E-state index < -0.39 is 23.6 Å². The van der Waals surface area contributed by atoms with Gasteiger partial charge in [0.1, 0.15) is 11.4 Å². The highest BCUT2D eigenvalue weighted by Gasteiger charge is 2.27. The van der Waals surface area contributed by atoms with Crippen molar-refractivity contribution in [2.24, 2.45) is 5.92 Å². The van der Waals surface area contributed by atoms with Gasteiger partial charge in [-0.05, 0) is 47.2 Å². The van der Waals surface area contributed by atoms with Gasteiger partial charge < -0.3 is 9.84 Å². The van der Waals surface area contributed by atoms with Crippen molar-refractivity contribution >= 4 is 17.7 Å². The lowest BCUT2D eigenvalue weighted by molar-refractivity contribution is -0.139. The number of carbonyl (C=O) groups is 2. The second kappa shape index (κ2) is 8.72. The largest absolute Gasteiger partial charge is 0.494 e. The van der Waals surface area contributed by atoms with E-state index >= 15 is 0 Å². The van der Waals surface area contributed by atoms with Crippen LogP contribution in [-0.2, 0) is 4.79 Å². The molecule has 0 radical (unpaired) electrons. The van der Waals surface area contributed by atoms with Crippen molar-refractivity contribution in [2.75, 3.05) is 12.0 Å². The molecule has 10 heteroatoms. The summed E-state index contributed by atoms with van der Waals surface area (Å²) in [5, 5.41) is 16.8. The molecule has 162 valence electrons. The summed E-state index contributed by atoms with van der Waals surface area (Å²) in [5.41, 5.74) is 0.481. The molecule has 1 unspecified atom stereocenters. The van der Waals surface area contributed by atoms with E-state index in [0.717, 1.165) is 4.68 Å². The van der Waals surface area contributed by atoms with E-state index in [1.807, 2.05) is 0 Å². The van der Waals surface area contributed by atoms with E-state index in [0.29, 0.717) is 27.5 Å². The van der Waals surface area contributed by atoms with Gasteiger partial charge >= 0.3 is 17.7 Å². The summed E-state index contributed by atoms with van der Waals surface area (Å²) in [5.74, 6) is -1.24. The Morgan fingerprint density at radius 1 is 1.09 bits per heavy atom. The van der Waals surface area contributed by atoms with Crippen molar-refractivity contribution in [1.29, 1.82) is 0 Å². The second-order valence-electron chi connectivity index (χ2n) is 6.88. The third kappa shape index (κ3) is 3.81. The Bertz CT molecular complexity index is 1280. The summed E-state index contributed by atoms with van der Waals surface area (Å²) in [6.45, 7) is 0. The van der Waals surface area contributed by atoms with Crippen LogP contribution in [0.5, 0.6) is 5.75 Å². The van der Waals surface area contributed by atoms with Gasteiger partial charge in [-0.2, -0.15) is 4.68 Å². The number of carboxylic acids is 1. The molecule has 1 amide bonds. The maximum atomic E-state index is 13.4. The molecule has 1 aliphatic rings. The maximum absolute atomic E-state index is 13.4. The highest BCUT2D eigenvalue weighted by Crippen LogP contribution is 2.26. The van der Waals surface area contributed by atoms with Gasteiger partial charge in [-0.15, -0.1) is 4.68 Å². The molecule has 1 aromatic heterocycles. The Kier molecular flexibility index (Phi) is 5.67. The number of aliphatic carboxylic acids is 1. The zero-order chi connectivity index (χ0) is 22.7. The van der Waals surface area contributed by atoms with Crippen LogP contribution in [0.25, 0.3) is 5.69 Å². The molecule has 2 aromatic carbocycles. The van der Waals surface area contributed by atoms with E-state index in [1.165, 1.54) is 18.1 Å². The third-order valence-electron chi connectivity index (χ3n) is 4.94. The molecule has 1 heterocycles. The Morgan fingerprint density at radius 2 is 1.81 bits per heavy atom. The van der Waals surface area contributed by atoms with Crippen molar-refractivity contribution in [3.8, 4) is 11.4 Å². The summed E-state index contributed by atoms with van der Waals surface area (Å²) in [6.07, 6.45) is 4.90. The number of methoxy groups -OCH3 is 1. The number of carboxylic acid groups (broad SMARTS) is 1. The number of hydrogen-bond donors (Lipinski definition) is 1. The number of amides is 1. The fourth-order valence-electron chi connectivity index (χ4n) is 3.32. The van der Waals surface area contributed by atoms with Gasteiger partial charge in [0.05, 0.1) is 18.7 Å². The van der Waals surface area contributed by atoms with Crippen LogP contribution in [0.3, 0.4) is 0 Å². The van der Waals surface area contributed by atoms with E-state index in [9.17, 15) is 19.5 Å². The number of carbonyl (C=O) groups excluding carboxylic acids is 1. The molecule has 32 heavy (non-hydrogen) atoms. The monoisotopic (exact) mass is 433 g/mol. The first-order valence-corrected chi connectivity index (χ1v) is 9.70. The molecule has 3 aromatic rings. The normalized spacial score (nSPS) is 15.2. The van der Waals surface area contributed by atoms with E-state index in [4.69, 9.17) is 4.74 Å². The molecule has 10 nitrogen and oxygen atoms in total. The predicted molar refractivity (Wildman–Crippen MR) is 115 cm³/mol. The number of nitrogens with zero attached hydrogens (tertiary/aromatic N) is 5. The number of anilines is 1. The number of aromatic nitrogens is 4. The molecule has 0 saturated heterocycles. The zero-order valence-corrected chi connectivity index (χ0v) is 17.0. The molecule has 0 fully saturated rings. The van der Waals surface area contributed by atoms with Crippen LogP contribution in [0, 0.1) is 5.92 Å². The number of ether oxygens (including phenoxy) is 1. The van der Waals surface area contributed by atoms with Gasteiger partial charge in [0.2, 0.25) is 0 Å². The second-order valence-corrected chi connectivity index (χ2v) is 6.88. The third-order valence-corrected chi connectivity index (χ3v) is 4.94. The van der Waals surface area contributed by atoms with Crippen molar-refractivity contribution < 1.29 is 19.4 Å². The Morgan fingerprint density at radius 3 is 2.47 bits per heavy atom. The first-order valence-electron chi connectivity index (χ1n) is 9.70. The maximum Gasteiger partial charge on any atom is 0.377 e. The molecule has 1 atom stereocenters. The average molecular weight is 433 g/mol. The number of rotatable bonds is 5. The van der Waals surface area contributed by atoms with E-state index in [1.54, 1.807) is 66.7 Å². The quantitative estimate of drug-likeness (QED) is 0.614. The lowest BCUT2D eigenvalue weighted by atomic mass is 9.99. The van der Waals surface area contributed by atoms with Crippen molar-refractivity contribution in [1.82, 2.24) is 19.8 Å². The predicted octanol–water partition coefficient (Wildman–Crippen LogP) is 2.46. The van der Waals surface area contributed by atoms with Crippen LogP contribution >= 0.6 is 0 Å². The average Bonchev–Trinajstić information content (AvgIpc) is 3.21. The first-order chi connectivity index (χ1) is 15.5. The minimum Gasteiger partial charge on any atom is -0.494 e. The number of benzene rings is 2. The number of hydrogen-bond acceptors (Lipinski definition) is 6. The summed E-state index contributed by atoms with van der Waals surface area (Å²) in [4.78, 5) is 39.0. The van der Waals surface area contributed by atoms with Crippen molar-refractivity contribution in [2.45, 2.75) is 6.42 Å². The smallest absolute Gasteiger partial charge is 0.377 e. The summed E-state index contributed by atoms with van der Waals surface area (Å²) in [6, 6.07) is 14.7. The van der Waals surface area contributed by atoms with Crippen molar-refractivity contribution in [3.05, 3.63) is 89.0 Å². The van der Waals surface area contributed by atoms with Crippen LogP contribution < -0.4 is 15.3 Å². The van der Waals surface area contributed by atoms with Crippen LogP contribution in [-0.4, -0.2) is 44.0 Å². The molecule has 0 bridgehead atoms. The van der Waals surface area contributed by atoms with Gasteiger partial charge in [-0.25, -0.2) is 9.59 Å². The molecule has 1 N–H and O–H groups in total. The van der Waals surface area contributed by atoms with Crippen LogP contribution in [0.1, 0.15) is 6.42 Å². The van der Waals surface area contributed by atoms with Crippen LogP contribution in [0.15, 0.2) is 83.3 Å². The van der Waals surface area contributed by atoms with Gasteiger partial charge in [0.25, 0.3) is 0 Å². The van der Waals surface area contributed by atoms with E-state index in [2.05, 4.69) is 10.4 Å². The standard InChI is InChI=1S/C22H19N5O5/c1-32-19-10-6-5-9-18(19)26-22(31)27(24-23-26)21(30)25(16-7-3-2-4-8-16)17-13-11-15(12-14-17)20(28)29/h2-11,13-15H,12H2,1H3,(H,28,29). The first kappa shape index (κ1) is 20.8. The van der Waals surface area contributed by atoms with Crippen molar-refractivity contribution in [3.63, 3.8) is 0 Å². The summed E-state index contributed by atoms with van der Waals surface area (Å²) >= 11 is 0. The molecule has 0 aliphatic heterocycles. The Labute approximate surface area is 182 Å². The van der Waals surface area contributed by atoms with Crippen LogP contribution in [0.4, 0.5) is 10.5 Å². The SMILES string of the molecule is COc1ccccc1-n1nnn(C(=O)N(C2=CCC(C(=O)O)C=C2)c2ccccc2)c1=O. The minimum atomic E-state index is -0.954. The lowest BCUT2D eigenvalue weighted by Gasteiger charge is -2.25. The lowest BCUT2D eigenvalue weighted by Crippen LogP contribution is -2.40. The molecule has 1 aliphatic carbocycles. The number of para-hydroxylation sites is 3. The Hall–Kier alpha value is -4.47. The molecule has 4 rings (SSSR count). The molecule has 0 spiro atoms. The Balaban J connectivity index is 1.75. The van der Waals surface area contributed by atoms with Gasteiger partial charge in [-0.1, -0.05) is 42.5 Å². The van der Waals surface area contributed by atoms with Gasteiger partial charge in [0.15, 0.2) is 0 Å². The molecular formula is C22H19N5O5. The molecular weight excluding hydrogens is 414 g/mol. The number of allylic oxidation sites excluding steroid dienone is 2. The van der Waals surface area contributed by atoms with Gasteiger partial charge in [-0.3, -0.25) is 9.69 Å². The summed E-state index contributed by atoms with van der Waals surface area (Å²) in [7, 11) is 1.46. The topological polar surface area (TPSA) is 120 Å². The minimum absolute atomic E-state index is 0.209. The van der Waals surface area contributed by atoms with E-state index in [-0.39, 0.29) is 6.42 Å². The fourth-order valence-corrected chi connectivity index (χ4v) is 3.32. The highest BCUT2D eigenvalue weighted by atomic mass is 16.5. The molecule has 0 saturated carbocycles. The fraction of sp³-hybridized carbons (Fsp3) is 0.136. The zero-order valence-electron chi connectivity index (χ0n) is 17.0. The highest BCUT2D eigenvalue weighted by molar-refractivity contribution is 5.96. The number of tetrazole rings is 1. The van der Waals surface area contributed by atoms with Gasteiger partial charge in [0, 0.05) is 5.70 Å².